The lowest BCUT2D eigenvalue weighted by Crippen LogP contribution is -2.44. The standard InChI is InChI=1S/C19H18ClNO3/c1-12(2)21-16-6-4-3-5-15(16)19(24,18(21)23)11-17(22)13-7-9-14(20)10-8-13/h3-10,12,24H,11H2,1-2H3/t19-/m0/s1. The molecule has 0 radical (unpaired) electrons. The number of Topliss-reactive ketones (excluding diaryl/α,β-unsaturated/α-hetero) is 1. The van der Waals surface area contributed by atoms with Gasteiger partial charge in [-0.25, -0.2) is 0 Å². The summed E-state index contributed by atoms with van der Waals surface area (Å²) in [5.41, 5.74) is -0.284. The molecule has 1 aliphatic heterocycles. The smallest absolute Gasteiger partial charge is 0.264 e. The Morgan fingerprint density at radius 2 is 1.79 bits per heavy atom. The van der Waals surface area contributed by atoms with Gasteiger partial charge in [0, 0.05) is 22.2 Å². The molecule has 4 nitrogen and oxygen atoms in total. The fourth-order valence-electron chi connectivity index (χ4n) is 3.11. The zero-order valence-electron chi connectivity index (χ0n) is 13.5. The molecule has 2 aromatic carbocycles. The van der Waals surface area contributed by atoms with Crippen molar-refractivity contribution in [3.8, 4) is 0 Å². The van der Waals surface area contributed by atoms with E-state index in [0.717, 1.165) is 0 Å². The second-order valence-electron chi connectivity index (χ2n) is 6.25. The van der Waals surface area contributed by atoms with E-state index in [1.165, 1.54) is 0 Å². The summed E-state index contributed by atoms with van der Waals surface area (Å²) >= 11 is 5.84. The van der Waals surface area contributed by atoms with Gasteiger partial charge < -0.3 is 10.0 Å². The number of fused-ring (bicyclic) bond motifs is 1. The SMILES string of the molecule is CC(C)N1C(=O)[C@](O)(CC(=O)c2ccc(Cl)cc2)c2ccccc21. The highest BCUT2D eigenvalue weighted by atomic mass is 35.5. The monoisotopic (exact) mass is 343 g/mol. The van der Waals surface area contributed by atoms with Crippen molar-refractivity contribution >= 4 is 29.0 Å². The van der Waals surface area contributed by atoms with Crippen molar-refractivity contribution in [3.05, 3.63) is 64.7 Å². The first-order valence-electron chi connectivity index (χ1n) is 7.79. The second kappa shape index (κ2) is 6.04. The van der Waals surface area contributed by atoms with E-state index in [1.807, 2.05) is 19.9 Å². The Morgan fingerprint density at radius 3 is 2.42 bits per heavy atom. The number of halogens is 1. The molecule has 5 heteroatoms. The Hall–Kier alpha value is -2.17. The number of anilines is 1. The number of amides is 1. The predicted molar refractivity (Wildman–Crippen MR) is 93.4 cm³/mol. The van der Waals surface area contributed by atoms with Gasteiger partial charge in [-0.1, -0.05) is 29.8 Å². The lowest BCUT2D eigenvalue weighted by atomic mass is 9.88. The van der Waals surface area contributed by atoms with Gasteiger partial charge in [0.1, 0.15) is 0 Å². The lowest BCUT2D eigenvalue weighted by Gasteiger charge is -2.25. The lowest BCUT2D eigenvalue weighted by molar-refractivity contribution is -0.136. The molecule has 0 aliphatic carbocycles. The summed E-state index contributed by atoms with van der Waals surface area (Å²) in [6.45, 7) is 3.75. The number of rotatable bonds is 4. The molecule has 0 saturated heterocycles. The number of nitrogens with zero attached hydrogens (tertiary/aromatic N) is 1. The summed E-state index contributed by atoms with van der Waals surface area (Å²) < 4.78 is 0. The first kappa shape index (κ1) is 16.7. The van der Waals surface area contributed by atoms with Crippen LogP contribution in [0.3, 0.4) is 0 Å². The molecule has 0 fully saturated rings. The fraction of sp³-hybridized carbons (Fsp3) is 0.263. The number of ketones is 1. The van der Waals surface area contributed by atoms with E-state index in [1.54, 1.807) is 47.4 Å². The maximum atomic E-state index is 12.8. The summed E-state index contributed by atoms with van der Waals surface area (Å²) in [4.78, 5) is 27.0. The third-order valence-corrected chi connectivity index (χ3v) is 4.53. The summed E-state index contributed by atoms with van der Waals surface area (Å²) in [5.74, 6) is -0.760. The summed E-state index contributed by atoms with van der Waals surface area (Å²) in [6, 6.07) is 13.4. The zero-order valence-corrected chi connectivity index (χ0v) is 14.2. The largest absolute Gasteiger partial charge is 0.375 e. The van der Waals surface area contributed by atoms with E-state index < -0.39 is 11.5 Å². The van der Waals surface area contributed by atoms with Gasteiger partial charge in [0.15, 0.2) is 11.4 Å². The minimum absolute atomic E-state index is 0.113. The summed E-state index contributed by atoms with van der Waals surface area (Å²) in [6.07, 6.45) is -0.298. The highest BCUT2D eigenvalue weighted by molar-refractivity contribution is 6.30. The van der Waals surface area contributed by atoms with Gasteiger partial charge in [0.05, 0.1) is 12.1 Å². The van der Waals surface area contributed by atoms with Crippen LogP contribution in [0.5, 0.6) is 0 Å². The Bertz CT molecular complexity index is 801. The normalized spacial score (nSPS) is 19.7. The van der Waals surface area contributed by atoms with Crippen LogP contribution in [0.4, 0.5) is 5.69 Å². The van der Waals surface area contributed by atoms with Crippen LogP contribution in [0.15, 0.2) is 48.5 Å². The third kappa shape index (κ3) is 2.62. The fourth-order valence-corrected chi connectivity index (χ4v) is 3.24. The number of hydrogen-bond acceptors (Lipinski definition) is 3. The van der Waals surface area contributed by atoms with Crippen molar-refractivity contribution in [2.75, 3.05) is 4.90 Å². The molecule has 1 heterocycles. The molecule has 1 atom stereocenters. The van der Waals surface area contributed by atoms with Gasteiger partial charge in [-0.2, -0.15) is 0 Å². The first-order valence-corrected chi connectivity index (χ1v) is 8.16. The minimum Gasteiger partial charge on any atom is -0.375 e. The van der Waals surface area contributed by atoms with E-state index in [0.29, 0.717) is 21.8 Å². The van der Waals surface area contributed by atoms with Gasteiger partial charge in [-0.15, -0.1) is 0 Å². The van der Waals surface area contributed by atoms with E-state index in [-0.39, 0.29) is 18.2 Å². The molecule has 0 unspecified atom stereocenters. The van der Waals surface area contributed by atoms with Crippen molar-refractivity contribution < 1.29 is 14.7 Å². The molecule has 124 valence electrons. The van der Waals surface area contributed by atoms with E-state index in [4.69, 9.17) is 11.6 Å². The van der Waals surface area contributed by atoms with Crippen LogP contribution >= 0.6 is 11.6 Å². The van der Waals surface area contributed by atoms with Gasteiger partial charge >= 0.3 is 0 Å². The average Bonchev–Trinajstić information content (AvgIpc) is 2.76. The Labute approximate surface area is 145 Å². The van der Waals surface area contributed by atoms with Gasteiger partial charge in [-0.3, -0.25) is 9.59 Å². The molecule has 24 heavy (non-hydrogen) atoms. The van der Waals surface area contributed by atoms with Crippen LogP contribution in [0, 0.1) is 0 Å². The molecule has 2 aromatic rings. The van der Waals surface area contributed by atoms with E-state index in [2.05, 4.69) is 0 Å². The maximum absolute atomic E-state index is 12.8. The van der Waals surface area contributed by atoms with Crippen LogP contribution in [0.1, 0.15) is 36.2 Å². The number of para-hydroxylation sites is 1. The van der Waals surface area contributed by atoms with Gasteiger partial charge in [0.25, 0.3) is 5.91 Å². The highest BCUT2D eigenvalue weighted by Gasteiger charge is 2.51. The van der Waals surface area contributed by atoms with Crippen molar-refractivity contribution in [1.82, 2.24) is 0 Å². The van der Waals surface area contributed by atoms with Crippen LogP contribution in [-0.4, -0.2) is 22.8 Å². The van der Waals surface area contributed by atoms with Crippen molar-refractivity contribution in [1.29, 1.82) is 0 Å². The van der Waals surface area contributed by atoms with Crippen molar-refractivity contribution in [2.45, 2.75) is 31.9 Å². The molecular formula is C19H18ClNO3. The topological polar surface area (TPSA) is 57.6 Å². The zero-order chi connectivity index (χ0) is 17.5. The summed E-state index contributed by atoms with van der Waals surface area (Å²) in [7, 11) is 0. The molecule has 0 bridgehead atoms. The van der Waals surface area contributed by atoms with Crippen LogP contribution < -0.4 is 4.90 Å². The number of hydrogen-bond donors (Lipinski definition) is 1. The molecule has 0 spiro atoms. The average molecular weight is 344 g/mol. The molecule has 1 N–H and O–H groups in total. The molecule has 0 saturated carbocycles. The molecule has 1 amide bonds. The number of carbonyl (C=O) groups excluding carboxylic acids is 2. The predicted octanol–water partition coefficient (Wildman–Crippen LogP) is 3.56. The number of aliphatic hydroxyl groups is 1. The van der Waals surface area contributed by atoms with Crippen LogP contribution in [0.2, 0.25) is 5.02 Å². The number of carbonyl (C=O) groups is 2. The first-order chi connectivity index (χ1) is 11.3. The Morgan fingerprint density at radius 1 is 1.17 bits per heavy atom. The Kier molecular flexibility index (Phi) is 4.20. The van der Waals surface area contributed by atoms with Crippen molar-refractivity contribution in [3.63, 3.8) is 0 Å². The maximum Gasteiger partial charge on any atom is 0.264 e. The van der Waals surface area contributed by atoms with Crippen molar-refractivity contribution in [2.24, 2.45) is 0 Å². The second-order valence-corrected chi connectivity index (χ2v) is 6.69. The minimum atomic E-state index is -1.84. The van der Waals surface area contributed by atoms with Gasteiger partial charge in [-0.05, 0) is 44.2 Å². The number of benzene rings is 2. The van der Waals surface area contributed by atoms with E-state index in [9.17, 15) is 14.7 Å². The van der Waals surface area contributed by atoms with Crippen LogP contribution in [0.25, 0.3) is 0 Å². The quantitative estimate of drug-likeness (QED) is 0.864. The highest BCUT2D eigenvalue weighted by Crippen LogP contribution is 2.43. The molecule has 0 aromatic heterocycles. The third-order valence-electron chi connectivity index (χ3n) is 4.28. The summed E-state index contributed by atoms with van der Waals surface area (Å²) in [5, 5.41) is 11.6. The molecular weight excluding hydrogens is 326 g/mol. The molecule has 3 rings (SSSR count). The van der Waals surface area contributed by atoms with Crippen LogP contribution in [-0.2, 0) is 10.4 Å². The van der Waals surface area contributed by atoms with Gasteiger partial charge in [0.2, 0.25) is 0 Å². The Balaban J connectivity index is 1.98. The molecule has 1 aliphatic rings. The van der Waals surface area contributed by atoms with E-state index >= 15 is 0 Å².